The van der Waals surface area contributed by atoms with Crippen LogP contribution in [0.1, 0.15) is 31.2 Å². The number of H-pyrrole nitrogens is 1. The fourth-order valence-electron chi connectivity index (χ4n) is 4.72. The quantitative estimate of drug-likeness (QED) is 0.408. The average molecular weight is 504 g/mol. The van der Waals surface area contributed by atoms with E-state index in [4.69, 9.17) is 10.5 Å². The van der Waals surface area contributed by atoms with Crippen molar-refractivity contribution < 1.29 is 18.3 Å². The molecule has 0 radical (unpaired) electrons. The second-order valence-electron chi connectivity index (χ2n) is 8.73. The number of rotatable bonds is 4. The molecule has 5 rings (SSSR count). The normalized spacial score (nSPS) is 15.3. The van der Waals surface area contributed by atoms with Crippen molar-refractivity contribution >= 4 is 22.6 Å². The molecule has 1 atom stereocenters. The third kappa shape index (κ3) is 4.51. The lowest BCUT2D eigenvalue weighted by Crippen LogP contribution is -2.38. The number of nitrogens with one attached hydrogen (secondary N) is 1. The number of nitrogens with zero attached hydrogens (tertiary/aromatic N) is 3. The Labute approximate surface area is 210 Å². The highest BCUT2D eigenvalue weighted by Crippen LogP contribution is 2.35. The van der Waals surface area contributed by atoms with E-state index in [1.807, 2.05) is 6.20 Å². The van der Waals surface area contributed by atoms with Crippen LogP contribution in [0.25, 0.3) is 16.6 Å². The molecule has 1 amide bonds. The van der Waals surface area contributed by atoms with Gasteiger partial charge in [0.1, 0.15) is 11.3 Å². The fourth-order valence-corrected chi connectivity index (χ4v) is 4.72. The third-order valence-electron chi connectivity index (χ3n) is 6.42. The van der Waals surface area contributed by atoms with E-state index in [0.717, 1.165) is 30.5 Å². The maximum absolute atomic E-state index is 14.0. The zero-order valence-corrected chi connectivity index (χ0v) is 19.9. The zero-order valence-electron chi connectivity index (χ0n) is 19.9. The first-order valence-corrected chi connectivity index (χ1v) is 11.7. The van der Waals surface area contributed by atoms with Gasteiger partial charge in [-0.2, -0.15) is 5.10 Å². The van der Waals surface area contributed by atoms with Crippen LogP contribution in [0.4, 0.5) is 14.6 Å². The molecule has 2 aromatic carbocycles. The number of carbonyl (C=O) groups excluding carboxylic acids is 1. The number of nitrogen functional groups attached to an aromatic ring is 1. The SMILES string of the molecule is CC#CC(=O)N1CCC[C@H](c2cn(-c3ccc(Oc4c(F)cccc4F)cc3)c3c(N)n[nH]c(=O)c23)C1. The van der Waals surface area contributed by atoms with Gasteiger partial charge in [0, 0.05) is 30.9 Å². The van der Waals surface area contributed by atoms with Crippen LogP contribution in [0.15, 0.2) is 53.5 Å². The summed E-state index contributed by atoms with van der Waals surface area (Å²) in [7, 11) is 0. The number of likely N-dealkylation sites (tertiary alicyclic amines) is 1. The lowest BCUT2D eigenvalue weighted by Gasteiger charge is -2.31. The number of piperidine rings is 1. The lowest BCUT2D eigenvalue weighted by molar-refractivity contribution is -0.126. The summed E-state index contributed by atoms with van der Waals surface area (Å²) in [5.41, 5.74) is 7.63. The molecule has 0 saturated carbocycles. The van der Waals surface area contributed by atoms with Crippen LogP contribution in [0.3, 0.4) is 0 Å². The van der Waals surface area contributed by atoms with E-state index in [-0.39, 0.29) is 29.0 Å². The number of anilines is 1. The highest BCUT2D eigenvalue weighted by atomic mass is 19.1. The van der Waals surface area contributed by atoms with Crippen LogP contribution in [0.5, 0.6) is 11.5 Å². The summed E-state index contributed by atoms with van der Waals surface area (Å²) in [6.07, 6.45) is 3.38. The first-order valence-electron chi connectivity index (χ1n) is 11.7. The van der Waals surface area contributed by atoms with E-state index in [9.17, 15) is 18.4 Å². The molecular weight excluding hydrogens is 480 g/mol. The van der Waals surface area contributed by atoms with E-state index in [0.29, 0.717) is 29.7 Å². The molecule has 0 bridgehead atoms. The molecular formula is C27H23F2N5O3. The summed E-state index contributed by atoms with van der Waals surface area (Å²) in [5, 5.41) is 6.80. The highest BCUT2D eigenvalue weighted by Gasteiger charge is 2.28. The molecule has 4 aromatic rings. The van der Waals surface area contributed by atoms with Crippen molar-refractivity contribution in [2.24, 2.45) is 0 Å². The van der Waals surface area contributed by atoms with E-state index in [2.05, 4.69) is 22.0 Å². The minimum Gasteiger partial charge on any atom is -0.451 e. The van der Waals surface area contributed by atoms with E-state index >= 15 is 0 Å². The maximum atomic E-state index is 14.0. The Bertz CT molecular complexity index is 1600. The number of halogens is 2. The molecule has 2 aromatic heterocycles. The number of hydrogen-bond acceptors (Lipinski definition) is 5. The second kappa shape index (κ2) is 9.78. The standard InChI is InChI=1S/C27H23F2N5O3/c1-2-5-22(35)33-13-4-6-16(14-33)19-15-34(24-23(19)27(36)32-31-26(24)30)17-9-11-18(12-10-17)37-25-20(28)7-3-8-21(25)29/h3,7-12,15-16H,4,6,13-14H2,1H3,(H2,30,31)(H,32,36)/t16-/m0/s1. The zero-order chi connectivity index (χ0) is 26.1. The number of carbonyl (C=O) groups is 1. The van der Waals surface area contributed by atoms with Gasteiger partial charge in [0.25, 0.3) is 11.5 Å². The number of aromatic amines is 1. The molecule has 1 saturated heterocycles. The number of aromatic nitrogens is 3. The molecule has 1 aliphatic heterocycles. The first-order chi connectivity index (χ1) is 17.9. The minimum absolute atomic E-state index is 0.102. The lowest BCUT2D eigenvalue weighted by atomic mass is 9.90. The summed E-state index contributed by atoms with van der Waals surface area (Å²) in [4.78, 5) is 27.0. The molecule has 37 heavy (non-hydrogen) atoms. The van der Waals surface area contributed by atoms with Crippen molar-refractivity contribution in [3.8, 4) is 29.0 Å². The molecule has 1 fully saturated rings. The largest absolute Gasteiger partial charge is 0.451 e. The van der Waals surface area contributed by atoms with E-state index < -0.39 is 17.4 Å². The predicted octanol–water partition coefficient (Wildman–Crippen LogP) is 4.10. The van der Waals surface area contributed by atoms with Gasteiger partial charge in [-0.05, 0) is 67.6 Å². The molecule has 10 heteroatoms. The van der Waals surface area contributed by atoms with Crippen LogP contribution >= 0.6 is 0 Å². The Morgan fingerprint density at radius 1 is 1.19 bits per heavy atom. The number of nitrogens with two attached hydrogens (primary N) is 1. The van der Waals surface area contributed by atoms with Crippen molar-refractivity contribution in [3.63, 3.8) is 0 Å². The van der Waals surface area contributed by atoms with Crippen LogP contribution in [-0.2, 0) is 4.79 Å². The second-order valence-corrected chi connectivity index (χ2v) is 8.73. The van der Waals surface area contributed by atoms with Crippen LogP contribution in [-0.4, -0.2) is 38.7 Å². The Hall–Kier alpha value is -4.65. The number of amides is 1. The van der Waals surface area contributed by atoms with Crippen LogP contribution < -0.4 is 16.0 Å². The fraction of sp³-hybridized carbons (Fsp3) is 0.222. The van der Waals surface area contributed by atoms with Crippen molar-refractivity contribution in [1.29, 1.82) is 0 Å². The Balaban J connectivity index is 1.53. The monoisotopic (exact) mass is 503 g/mol. The number of fused-ring (bicyclic) bond motifs is 1. The third-order valence-corrected chi connectivity index (χ3v) is 6.42. The number of hydrogen-bond donors (Lipinski definition) is 2. The molecule has 0 spiro atoms. The molecule has 188 valence electrons. The van der Waals surface area contributed by atoms with Crippen LogP contribution in [0, 0.1) is 23.5 Å². The van der Waals surface area contributed by atoms with Gasteiger partial charge in [-0.3, -0.25) is 9.59 Å². The maximum Gasteiger partial charge on any atom is 0.298 e. The number of ether oxygens (including phenoxy) is 1. The molecule has 0 aliphatic carbocycles. The van der Waals surface area contributed by atoms with Gasteiger partial charge in [0.15, 0.2) is 23.2 Å². The molecule has 1 aliphatic rings. The van der Waals surface area contributed by atoms with Gasteiger partial charge < -0.3 is 19.9 Å². The van der Waals surface area contributed by atoms with Gasteiger partial charge >= 0.3 is 0 Å². The Kier molecular flexibility index (Phi) is 6.36. The Morgan fingerprint density at radius 3 is 2.62 bits per heavy atom. The summed E-state index contributed by atoms with van der Waals surface area (Å²) in [6, 6.07) is 9.98. The first kappa shape index (κ1) is 24.1. The number of benzene rings is 2. The smallest absolute Gasteiger partial charge is 0.298 e. The molecule has 8 nitrogen and oxygen atoms in total. The number of para-hydroxylation sites is 1. The van der Waals surface area contributed by atoms with E-state index in [1.165, 1.54) is 6.07 Å². The average Bonchev–Trinajstić information content (AvgIpc) is 3.31. The molecule has 0 unspecified atom stereocenters. The van der Waals surface area contributed by atoms with Crippen molar-refractivity contribution in [2.75, 3.05) is 18.8 Å². The molecule has 3 heterocycles. The van der Waals surface area contributed by atoms with Gasteiger partial charge in [-0.15, -0.1) is 0 Å². The van der Waals surface area contributed by atoms with Gasteiger partial charge in [-0.1, -0.05) is 12.0 Å². The van der Waals surface area contributed by atoms with Crippen molar-refractivity contribution in [2.45, 2.75) is 25.7 Å². The van der Waals surface area contributed by atoms with Crippen molar-refractivity contribution in [1.82, 2.24) is 19.7 Å². The van der Waals surface area contributed by atoms with E-state index in [1.54, 1.807) is 40.7 Å². The Morgan fingerprint density at radius 2 is 1.92 bits per heavy atom. The van der Waals surface area contributed by atoms with Gasteiger partial charge in [0.05, 0.1) is 5.39 Å². The van der Waals surface area contributed by atoms with Gasteiger partial charge in [-0.25, -0.2) is 13.9 Å². The summed E-state index contributed by atoms with van der Waals surface area (Å²) in [5.74, 6) is 3.12. The summed E-state index contributed by atoms with van der Waals surface area (Å²) >= 11 is 0. The summed E-state index contributed by atoms with van der Waals surface area (Å²) in [6.45, 7) is 2.65. The topological polar surface area (TPSA) is 106 Å². The van der Waals surface area contributed by atoms with Gasteiger partial charge in [0.2, 0.25) is 0 Å². The van der Waals surface area contributed by atoms with Crippen LogP contribution in [0.2, 0.25) is 0 Å². The molecule has 3 N–H and O–H groups in total. The van der Waals surface area contributed by atoms with Crippen molar-refractivity contribution in [3.05, 3.63) is 76.2 Å². The highest BCUT2D eigenvalue weighted by molar-refractivity contribution is 5.94. The summed E-state index contributed by atoms with van der Waals surface area (Å²) < 4.78 is 35.1. The minimum atomic E-state index is -0.812. The predicted molar refractivity (Wildman–Crippen MR) is 135 cm³/mol.